The number of nitrogens with two attached hydrogens (primary N) is 1. The number of amides is 1. The minimum absolute atomic E-state index is 0.0774. The van der Waals surface area contributed by atoms with Crippen LogP contribution in [0.4, 0.5) is 27.6 Å². The number of carbonyl (C=O) groups is 1. The summed E-state index contributed by atoms with van der Waals surface area (Å²) in [5.41, 5.74) is 2.38. The molecule has 0 spiro atoms. The number of aliphatic imine (C=N–C) groups is 1. The lowest BCUT2D eigenvalue weighted by atomic mass is 9.85. The van der Waals surface area contributed by atoms with Gasteiger partial charge in [-0.05, 0) is 13.0 Å². The molecule has 1 aromatic heterocycles. The molecule has 2 atom stereocenters. The monoisotopic (exact) mass is 478 g/mol. The van der Waals surface area contributed by atoms with Crippen molar-refractivity contribution in [2.45, 2.75) is 31.2 Å². The molecule has 0 radical (unpaired) electrons. The maximum atomic E-state index is 14.6. The molecular formula is C19H16ClF5N4O3. The molecule has 2 heterocycles. The van der Waals surface area contributed by atoms with E-state index in [4.69, 9.17) is 22.1 Å². The van der Waals surface area contributed by atoms with Gasteiger partial charge >= 0.3 is 6.18 Å². The number of pyridine rings is 1. The highest BCUT2D eigenvalue weighted by Gasteiger charge is 2.50. The normalized spacial score (nSPS) is 20.9. The van der Waals surface area contributed by atoms with Gasteiger partial charge in [-0.1, -0.05) is 11.6 Å². The van der Waals surface area contributed by atoms with Crippen LogP contribution in [0.3, 0.4) is 0 Å². The third-order valence-corrected chi connectivity index (χ3v) is 4.99. The van der Waals surface area contributed by atoms with Crippen molar-refractivity contribution in [3.05, 3.63) is 52.3 Å². The van der Waals surface area contributed by atoms with E-state index in [0.717, 1.165) is 13.0 Å². The number of amidine groups is 1. The first-order valence-electron chi connectivity index (χ1n) is 8.93. The lowest BCUT2D eigenvalue weighted by Gasteiger charge is -2.36. The first-order chi connectivity index (χ1) is 14.8. The summed E-state index contributed by atoms with van der Waals surface area (Å²) in [4.78, 5) is 20.1. The standard InChI is InChI=1S/C19H16ClF5N4O3/c1-18(6-13(19(23,24)25)32-17(26)29-18)10-3-8(4-12(21)14(10)22)28-16(30)15-11(20)5-9(31-2)7-27-15/h3-5,7,13H,6H2,1-2H3,(H2,26,29)(H,28,30)/t13-,18-/m0/s1. The zero-order chi connectivity index (χ0) is 23.8. The highest BCUT2D eigenvalue weighted by Crippen LogP contribution is 2.42. The summed E-state index contributed by atoms with van der Waals surface area (Å²) < 4.78 is 77.9. The minimum atomic E-state index is -4.82. The van der Waals surface area contributed by atoms with Crippen molar-refractivity contribution in [1.82, 2.24) is 4.98 Å². The van der Waals surface area contributed by atoms with E-state index in [0.29, 0.717) is 6.07 Å². The number of ether oxygens (including phenoxy) is 2. The molecule has 0 bridgehead atoms. The molecule has 172 valence electrons. The quantitative estimate of drug-likeness (QED) is 0.643. The molecule has 32 heavy (non-hydrogen) atoms. The fourth-order valence-corrected chi connectivity index (χ4v) is 3.40. The van der Waals surface area contributed by atoms with E-state index in [1.54, 1.807) is 0 Å². The third kappa shape index (κ3) is 4.69. The van der Waals surface area contributed by atoms with Crippen LogP contribution in [0.15, 0.2) is 29.4 Å². The van der Waals surface area contributed by atoms with E-state index in [2.05, 4.69) is 20.0 Å². The van der Waals surface area contributed by atoms with Crippen LogP contribution in [0.2, 0.25) is 5.02 Å². The molecule has 0 saturated carbocycles. The Bertz CT molecular complexity index is 1100. The van der Waals surface area contributed by atoms with Gasteiger partial charge in [0.1, 0.15) is 11.4 Å². The minimum Gasteiger partial charge on any atom is -0.495 e. The van der Waals surface area contributed by atoms with Gasteiger partial charge in [0.2, 0.25) is 0 Å². The van der Waals surface area contributed by atoms with Crippen LogP contribution in [0.25, 0.3) is 0 Å². The average molecular weight is 479 g/mol. The highest BCUT2D eigenvalue weighted by atomic mass is 35.5. The number of nitrogens with zero attached hydrogens (tertiary/aromatic N) is 2. The molecule has 1 aromatic carbocycles. The maximum absolute atomic E-state index is 14.6. The Labute approximate surface area is 183 Å². The number of aromatic nitrogens is 1. The van der Waals surface area contributed by atoms with Gasteiger partial charge in [-0.2, -0.15) is 13.2 Å². The molecule has 3 N–H and O–H groups in total. The van der Waals surface area contributed by atoms with Crippen molar-refractivity contribution in [2.24, 2.45) is 10.7 Å². The Kier molecular flexibility index (Phi) is 6.18. The number of rotatable bonds is 4. The van der Waals surface area contributed by atoms with Gasteiger partial charge in [0.25, 0.3) is 11.9 Å². The van der Waals surface area contributed by atoms with Gasteiger partial charge in [-0.15, -0.1) is 0 Å². The molecule has 0 fully saturated rings. The first kappa shape index (κ1) is 23.5. The van der Waals surface area contributed by atoms with Crippen LogP contribution >= 0.6 is 11.6 Å². The van der Waals surface area contributed by atoms with E-state index in [-0.39, 0.29) is 22.2 Å². The second-order valence-corrected chi connectivity index (χ2v) is 7.46. The van der Waals surface area contributed by atoms with Crippen LogP contribution in [-0.4, -0.2) is 36.3 Å². The Morgan fingerprint density at radius 3 is 2.62 bits per heavy atom. The van der Waals surface area contributed by atoms with Crippen LogP contribution < -0.4 is 15.8 Å². The summed E-state index contributed by atoms with van der Waals surface area (Å²) in [5, 5.41) is 2.21. The smallest absolute Gasteiger partial charge is 0.425 e. The zero-order valence-electron chi connectivity index (χ0n) is 16.6. The lowest BCUT2D eigenvalue weighted by molar-refractivity contribution is -0.208. The van der Waals surface area contributed by atoms with E-state index in [1.807, 2.05) is 0 Å². The molecule has 0 saturated heterocycles. The van der Waals surface area contributed by atoms with Gasteiger partial charge in [0.05, 0.1) is 23.9 Å². The van der Waals surface area contributed by atoms with Crippen LogP contribution in [0.1, 0.15) is 29.4 Å². The number of methoxy groups -OCH3 is 1. The number of anilines is 1. The second-order valence-electron chi connectivity index (χ2n) is 7.06. The number of nitrogens with one attached hydrogen (secondary N) is 1. The van der Waals surface area contributed by atoms with Crippen LogP contribution in [-0.2, 0) is 10.3 Å². The van der Waals surface area contributed by atoms with Crippen molar-refractivity contribution in [3.8, 4) is 5.75 Å². The van der Waals surface area contributed by atoms with E-state index < -0.39 is 53.4 Å². The number of alkyl halides is 3. The number of hydrogen-bond donors (Lipinski definition) is 2. The zero-order valence-corrected chi connectivity index (χ0v) is 17.3. The second kappa shape index (κ2) is 8.41. The molecule has 1 amide bonds. The molecule has 7 nitrogen and oxygen atoms in total. The largest absolute Gasteiger partial charge is 0.495 e. The Balaban J connectivity index is 1.98. The van der Waals surface area contributed by atoms with Crippen molar-refractivity contribution in [3.63, 3.8) is 0 Å². The Hall–Kier alpha value is -3.15. The predicted molar refractivity (Wildman–Crippen MR) is 105 cm³/mol. The van der Waals surface area contributed by atoms with Crippen LogP contribution in [0, 0.1) is 11.6 Å². The number of hydrogen-bond acceptors (Lipinski definition) is 6. The summed E-state index contributed by atoms with van der Waals surface area (Å²) >= 11 is 5.99. The summed E-state index contributed by atoms with van der Waals surface area (Å²) in [7, 11) is 1.37. The van der Waals surface area contributed by atoms with Crippen LogP contribution in [0.5, 0.6) is 5.75 Å². The molecule has 2 aromatic rings. The maximum Gasteiger partial charge on any atom is 0.425 e. The van der Waals surface area contributed by atoms with E-state index in [1.165, 1.54) is 19.4 Å². The topological polar surface area (TPSA) is 98.8 Å². The molecule has 0 unspecified atom stereocenters. The van der Waals surface area contributed by atoms with Crippen molar-refractivity contribution < 1.29 is 36.2 Å². The molecule has 0 aliphatic carbocycles. The lowest BCUT2D eigenvalue weighted by Crippen LogP contribution is -2.46. The molecule has 13 heteroatoms. The number of benzene rings is 1. The predicted octanol–water partition coefficient (Wildman–Crippen LogP) is 4.16. The summed E-state index contributed by atoms with van der Waals surface area (Å²) in [5.74, 6) is -3.45. The molecule has 3 rings (SSSR count). The SMILES string of the molecule is COc1cnc(C(=O)Nc2cc(F)c(F)c([C@]3(C)C[C@@H](C(F)(F)F)OC(N)=N3)c2)c(Cl)c1. The summed E-state index contributed by atoms with van der Waals surface area (Å²) in [6.07, 6.45) is -6.85. The van der Waals surface area contributed by atoms with Crippen molar-refractivity contribution in [1.29, 1.82) is 0 Å². The summed E-state index contributed by atoms with van der Waals surface area (Å²) in [6.45, 7) is 1.15. The molecule has 1 aliphatic rings. The molecule has 1 aliphatic heterocycles. The first-order valence-corrected chi connectivity index (χ1v) is 9.31. The van der Waals surface area contributed by atoms with E-state index >= 15 is 0 Å². The van der Waals surface area contributed by atoms with Crippen molar-refractivity contribution >= 4 is 29.2 Å². The fourth-order valence-electron chi connectivity index (χ4n) is 3.16. The van der Waals surface area contributed by atoms with Gasteiger partial charge in [0.15, 0.2) is 17.7 Å². The van der Waals surface area contributed by atoms with E-state index in [9.17, 15) is 26.7 Å². The Morgan fingerprint density at radius 1 is 1.34 bits per heavy atom. The van der Waals surface area contributed by atoms with Gasteiger partial charge in [-0.25, -0.2) is 18.8 Å². The Morgan fingerprint density at radius 2 is 2.03 bits per heavy atom. The van der Waals surface area contributed by atoms with Gasteiger partial charge < -0.3 is 20.5 Å². The van der Waals surface area contributed by atoms with Gasteiger partial charge in [-0.3, -0.25) is 4.79 Å². The summed E-state index contributed by atoms with van der Waals surface area (Å²) in [6, 6.07) is 2.11. The fraction of sp³-hybridized carbons (Fsp3) is 0.316. The molecular weight excluding hydrogens is 463 g/mol. The average Bonchev–Trinajstić information content (AvgIpc) is 2.68. The number of carbonyl (C=O) groups excluding carboxylic acids is 1. The van der Waals surface area contributed by atoms with Crippen molar-refractivity contribution in [2.75, 3.05) is 12.4 Å². The van der Waals surface area contributed by atoms with Gasteiger partial charge in [0, 0.05) is 29.8 Å². The number of halogens is 6. The third-order valence-electron chi connectivity index (χ3n) is 4.70. The highest BCUT2D eigenvalue weighted by molar-refractivity contribution is 6.34.